The van der Waals surface area contributed by atoms with Crippen LogP contribution in [0.25, 0.3) is 10.8 Å². The van der Waals surface area contributed by atoms with Crippen molar-refractivity contribution in [3.8, 4) is 5.75 Å². The summed E-state index contributed by atoms with van der Waals surface area (Å²) in [6.45, 7) is 1.27. The van der Waals surface area contributed by atoms with Gasteiger partial charge in [-0.15, -0.1) is 0 Å². The lowest BCUT2D eigenvalue weighted by Crippen LogP contribution is -2.28. The first-order valence-electron chi connectivity index (χ1n) is 5.51. The highest BCUT2D eigenvalue weighted by molar-refractivity contribution is 7.88. The Hall–Kier alpha value is -2.16. The van der Waals surface area contributed by atoms with E-state index in [0.29, 0.717) is 5.39 Å². The van der Waals surface area contributed by atoms with Crippen LogP contribution in [-0.4, -0.2) is 24.7 Å². The lowest BCUT2D eigenvalue weighted by Gasteiger charge is -2.11. The molecule has 0 fully saturated rings. The second-order valence-electron chi connectivity index (χ2n) is 4.11. The number of pyridine rings is 1. The molecule has 1 aromatic heterocycles. The third-order valence-electron chi connectivity index (χ3n) is 2.61. The summed E-state index contributed by atoms with van der Waals surface area (Å²) in [7, 11) is -5.80. The second kappa shape index (κ2) is 4.99. The summed E-state index contributed by atoms with van der Waals surface area (Å²) in [5.74, 6) is -0.911. The first-order valence-corrected chi connectivity index (χ1v) is 6.92. The fourth-order valence-corrected chi connectivity index (χ4v) is 2.05. The zero-order chi connectivity index (χ0) is 15.8. The molecule has 112 valence electrons. The van der Waals surface area contributed by atoms with Crippen molar-refractivity contribution in [1.29, 1.82) is 0 Å². The fourth-order valence-electron chi connectivity index (χ4n) is 1.59. The van der Waals surface area contributed by atoms with E-state index in [4.69, 9.17) is 0 Å². The van der Waals surface area contributed by atoms with E-state index in [-0.39, 0.29) is 16.7 Å². The fraction of sp³-hybridized carbons (Fsp3) is 0.167. The summed E-state index contributed by atoms with van der Waals surface area (Å²) < 4.78 is 63.2. The number of halogens is 3. The molecule has 0 atom stereocenters. The van der Waals surface area contributed by atoms with Crippen molar-refractivity contribution in [3.63, 3.8) is 0 Å². The molecular weight excluding hydrogens is 311 g/mol. The predicted octanol–water partition coefficient (Wildman–Crippen LogP) is 2.67. The minimum atomic E-state index is -5.80. The summed E-state index contributed by atoms with van der Waals surface area (Å²) >= 11 is 0. The van der Waals surface area contributed by atoms with Crippen molar-refractivity contribution >= 4 is 26.7 Å². The predicted molar refractivity (Wildman–Crippen MR) is 67.4 cm³/mol. The molecule has 0 aliphatic heterocycles. The van der Waals surface area contributed by atoms with Crippen molar-refractivity contribution in [3.05, 3.63) is 36.2 Å². The molecule has 0 bridgehead atoms. The molecule has 2 rings (SSSR count). The smallest absolute Gasteiger partial charge is 0.374 e. The molecular formula is C12H8F3NO4S. The average molecular weight is 319 g/mol. The van der Waals surface area contributed by atoms with Gasteiger partial charge in [0.2, 0.25) is 0 Å². The van der Waals surface area contributed by atoms with Crippen molar-refractivity contribution in [1.82, 2.24) is 4.98 Å². The van der Waals surface area contributed by atoms with Gasteiger partial charge in [-0.2, -0.15) is 21.6 Å². The van der Waals surface area contributed by atoms with Crippen molar-refractivity contribution in [2.75, 3.05) is 0 Å². The standard InChI is InChI=1S/C12H8F3NO4S/c1-7(17)8-2-3-9-5-16-6-11(10(9)4-8)20-21(18,19)12(13,14)15/h2-6H,1H3. The SMILES string of the molecule is CC(=O)c1ccc2cncc(OS(=O)(=O)C(F)(F)F)c2c1. The van der Waals surface area contributed by atoms with Crippen molar-refractivity contribution in [2.45, 2.75) is 12.4 Å². The maximum absolute atomic E-state index is 12.3. The van der Waals surface area contributed by atoms with E-state index in [1.807, 2.05) is 0 Å². The number of benzene rings is 1. The van der Waals surface area contributed by atoms with Gasteiger partial charge in [-0.1, -0.05) is 12.1 Å². The van der Waals surface area contributed by atoms with E-state index in [2.05, 4.69) is 9.17 Å². The number of nitrogens with zero attached hydrogens (tertiary/aromatic N) is 1. The Balaban J connectivity index is 2.59. The topological polar surface area (TPSA) is 73.3 Å². The summed E-state index contributed by atoms with van der Waals surface area (Å²) in [6.07, 6.45) is 2.15. The minimum Gasteiger partial charge on any atom is -0.374 e. The van der Waals surface area contributed by atoms with E-state index in [1.54, 1.807) is 0 Å². The lowest BCUT2D eigenvalue weighted by atomic mass is 10.1. The zero-order valence-electron chi connectivity index (χ0n) is 10.5. The van der Waals surface area contributed by atoms with Crippen molar-refractivity contribution in [2.24, 2.45) is 0 Å². The molecule has 0 aliphatic rings. The van der Waals surface area contributed by atoms with Crippen LogP contribution in [0.2, 0.25) is 0 Å². The maximum atomic E-state index is 12.3. The molecule has 0 saturated heterocycles. The molecule has 1 aromatic carbocycles. The van der Waals surface area contributed by atoms with Gasteiger partial charge in [0.05, 0.1) is 6.20 Å². The average Bonchev–Trinajstić information content (AvgIpc) is 2.36. The summed E-state index contributed by atoms with van der Waals surface area (Å²) in [6, 6.07) is 4.14. The van der Waals surface area contributed by atoms with Crippen LogP contribution in [0, 0.1) is 0 Å². The molecule has 1 heterocycles. The van der Waals surface area contributed by atoms with E-state index in [1.165, 1.54) is 31.3 Å². The normalized spacial score (nSPS) is 12.4. The van der Waals surface area contributed by atoms with Gasteiger partial charge in [0, 0.05) is 22.5 Å². The Kier molecular flexibility index (Phi) is 3.62. The third-order valence-corrected chi connectivity index (χ3v) is 3.58. The molecule has 9 heteroatoms. The Morgan fingerprint density at radius 3 is 2.48 bits per heavy atom. The highest BCUT2D eigenvalue weighted by atomic mass is 32.2. The number of hydrogen-bond donors (Lipinski definition) is 0. The van der Waals surface area contributed by atoms with E-state index < -0.39 is 21.4 Å². The monoisotopic (exact) mass is 319 g/mol. The molecule has 0 saturated carbocycles. The molecule has 0 unspecified atom stereocenters. The van der Waals surface area contributed by atoms with Crippen LogP contribution < -0.4 is 4.18 Å². The van der Waals surface area contributed by atoms with Crippen LogP contribution in [0.15, 0.2) is 30.6 Å². The van der Waals surface area contributed by atoms with Gasteiger partial charge in [-0.3, -0.25) is 9.78 Å². The number of Topliss-reactive ketones (excluding diaryl/α,β-unsaturated/α-hetero) is 1. The number of rotatable bonds is 3. The number of alkyl halides is 3. The molecule has 0 amide bonds. The molecule has 0 aliphatic carbocycles. The van der Waals surface area contributed by atoms with Crippen LogP contribution in [-0.2, 0) is 10.1 Å². The Labute approximate surface area is 117 Å². The Morgan fingerprint density at radius 1 is 1.24 bits per heavy atom. The zero-order valence-corrected chi connectivity index (χ0v) is 11.3. The summed E-state index contributed by atoms with van der Waals surface area (Å²) in [5, 5.41) is 0.389. The molecule has 0 radical (unpaired) electrons. The van der Waals surface area contributed by atoms with Crippen LogP contribution >= 0.6 is 0 Å². The van der Waals surface area contributed by atoms with Gasteiger partial charge in [0.1, 0.15) is 0 Å². The first kappa shape index (κ1) is 15.2. The number of ketones is 1. The van der Waals surface area contributed by atoms with Crippen LogP contribution in [0.3, 0.4) is 0 Å². The van der Waals surface area contributed by atoms with E-state index in [9.17, 15) is 26.4 Å². The van der Waals surface area contributed by atoms with Gasteiger partial charge in [-0.25, -0.2) is 0 Å². The highest BCUT2D eigenvalue weighted by Crippen LogP contribution is 2.31. The van der Waals surface area contributed by atoms with Gasteiger partial charge >= 0.3 is 15.6 Å². The second-order valence-corrected chi connectivity index (χ2v) is 5.65. The number of aromatic nitrogens is 1. The number of fused-ring (bicyclic) bond motifs is 1. The van der Waals surface area contributed by atoms with Crippen LogP contribution in [0.5, 0.6) is 5.75 Å². The number of carbonyl (C=O) groups excluding carboxylic acids is 1. The summed E-state index contributed by atoms with van der Waals surface area (Å²) in [5.41, 5.74) is -5.34. The van der Waals surface area contributed by atoms with Gasteiger partial charge in [0.15, 0.2) is 11.5 Å². The van der Waals surface area contributed by atoms with Gasteiger partial charge < -0.3 is 4.18 Å². The van der Waals surface area contributed by atoms with Crippen LogP contribution in [0.4, 0.5) is 13.2 Å². The number of hydrogen-bond acceptors (Lipinski definition) is 5. The highest BCUT2D eigenvalue weighted by Gasteiger charge is 2.48. The van der Waals surface area contributed by atoms with Gasteiger partial charge in [-0.05, 0) is 13.0 Å². The van der Waals surface area contributed by atoms with E-state index >= 15 is 0 Å². The van der Waals surface area contributed by atoms with Gasteiger partial charge in [0.25, 0.3) is 0 Å². The number of carbonyl (C=O) groups is 1. The third kappa shape index (κ3) is 2.97. The molecule has 2 aromatic rings. The lowest BCUT2D eigenvalue weighted by molar-refractivity contribution is -0.0499. The molecule has 21 heavy (non-hydrogen) atoms. The van der Waals surface area contributed by atoms with Crippen molar-refractivity contribution < 1.29 is 30.6 Å². The summed E-state index contributed by atoms with van der Waals surface area (Å²) in [4.78, 5) is 14.9. The molecule has 0 spiro atoms. The minimum absolute atomic E-state index is 0.0468. The van der Waals surface area contributed by atoms with E-state index in [0.717, 1.165) is 6.20 Å². The maximum Gasteiger partial charge on any atom is 0.534 e. The Morgan fingerprint density at radius 2 is 1.90 bits per heavy atom. The molecule has 0 N–H and O–H groups in total. The Bertz CT molecular complexity index is 815. The van der Waals surface area contributed by atoms with Crippen LogP contribution in [0.1, 0.15) is 17.3 Å². The first-order chi connectivity index (χ1) is 9.62. The largest absolute Gasteiger partial charge is 0.534 e. The molecule has 5 nitrogen and oxygen atoms in total. The quantitative estimate of drug-likeness (QED) is 0.494.